The Morgan fingerprint density at radius 3 is 2.67 bits per heavy atom. The maximum atomic E-state index is 13.3. The Kier molecular flexibility index (Phi) is 5.89. The van der Waals surface area contributed by atoms with E-state index in [2.05, 4.69) is 11.5 Å². The standard InChI is InChI=1S/C30H31F3N2O4/c1-3-15-35-16-14-28-25-19-7-10-22(36)26(25)39-27(28)21(12-13-29(28,38)23(35)17-19)34(2)24(37)11-6-18-4-8-20(9-5-18)30(31,32)33/h3-11,21,23,27,36,38H,1,12-17H2,2H3/b11-6+/t21?,23-,27?,28+,29-/m1/s1. The summed E-state index contributed by atoms with van der Waals surface area (Å²) >= 11 is 0. The van der Waals surface area contributed by atoms with Crippen LogP contribution in [0, 0.1) is 0 Å². The number of hydrogen-bond donors (Lipinski definition) is 2. The van der Waals surface area contributed by atoms with E-state index in [0.717, 1.165) is 29.8 Å². The van der Waals surface area contributed by atoms with Gasteiger partial charge in [-0.3, -0.25) is 9.69 Å². The van der Waals surface area contributed by atoms with Gasteiger partial charge in [0.2, 0.25) is 5.91 Å². The highest BCUT2D eigenvalue weighted by molar-refractivity contribution is 5.92. The Bertz CT molecular complexity index is 1360. The molecule has 2 heterocycles. The van der Waals surface area contributed by atoms with Crippen LogP contribution in [0.15, 0.2) is 55.1 Å². The molecule has 2 unspecified atom stereocenters. The van der Waals surface area contributed by atoms with Crippen LogP contribution in [0.4, 0.5) is 13.2 Å². The van der Waals surface area contributed by atoms with Crippen LogP contribution in [-0.2, 0) is 22.8 Å². The van der Waals surface area contributed by atoms with Crippen molar-refractivity contribution in [3.63, 3.8) is 0 Å². The van der Waals surface area contributed by atoms with Crippen molar-refractivity contribution < 1.29 is 32.9 Å². The van der Waals surface area contributed by atoms with E-state index in [4.69, 9.17) is 4.74 Å². The predicted molar refractivity (Wildman–Crippen MR) is 139 cm³/mol. The molecule has 2 aliphatic carbocycles. The third-order valence-electron chi connectivity index (χ3n) is 9.41. The summed E-state index contributed by atoms with van der Waals surface area (Å²) < 4.78 is 45.1. The first-order valence-corrected chi connectivity index (χ1v) is 13.2. The largest absolute Gasteiger partial charge is 0.504 e. The van der Waals surface area contributed by atoms with E-state index < -0.39 is 28.9 Å². The third kappa shape index (κ3) is 3.66. The van der Waals surface area contributed by atoms with Crippen LogP contribution in [0.1, 0.15) is 41.5 Å². The molecule has 39 heavy (non-hydrogen) atoms. The summed E-state index contributed by atoms with van der Waals surface area (Å²) in [7, 11) is 1.69. The lowest BCUT2D eigenvalue weighted by Gasteiger charge is -2.64. The summed E-state index contributed by atoms with van der Waals surface area (Å²) in [6.45, 7) is 5.28. The van der Waals surface area contributed by atoms with Gasteiger partial charge in [0.1, 0.15) is 6.10 Å². The Morgan fingerprint density at radius 1 is 1.23 bits per heavy atom. The van der Waals surface area contributed by atoms with Gasteiger partial charge in [-0.25, -0.2) is 0 Å². The lowest BCUT2D eigenvalue weighted by molar-refractivity contribution is -0.198. The molecule has 0 radical (unpaired) electrons. The van der Waals surface area contributed by atoms with E-state index in [1.54, 1.807) is 18.0 Å². The quantitative estimate of drug-likeness (QED) is 0.437. The molecule has 2 bridgehead atoms. The summed E-state index contributed by atoms with van der Waals surface area (Å²) in [5, 5.41) is 23.2. The van der Waals surface area contributed by atoms with Crippen molar-refractivity contribution in [3.05, 3.63) is 77.4 Å². The second kappa shape index (κ2) is 8.86. The number of aliphatic hydroxyl groups is 1. The number of amides is 1. The fraction of sp³-hybridized carbons (Fsp3) is 0.433. The highest BCUT2D eigenvalue weighted by Gasteiger charge is 2.73. The number of alkyl halides is 3. The van der Waals surface area contributed by atoms with E-state index >= 15 is 0 Å². The zero-order valence-electron chi connectivity index (χ0n) is 21.6. The van der Waals surface area contributed by atoms with E-state index in [9.17, 15) is 28.2 Å². The molecule has 1 amide bonds. The number of piperidine rings is 1. The number of benzene rings is 2. The fourth-order valence-corrected chi connectivity index (χ4v) is 7.62. The molecule has 4 aliphatic rings. The summed E-state index contributed by atoms with van der Waals surface area (Å²) in [5.74, 6) is 0.114. The van der Waals surface area contributed by atoms with Gasteiger partial charge in [-0.2, -0.15) is 13.2 Å². The Morgan fingerprint density at radius 2 is 1.97 bits per heavy atom. The number of likely N-dealkylation sites (tertiary alicyclic amines) is 1. The maximum Gasteiger partial charge on any atom is 0.416 e. The van der Waals surface area contributed by atoms with Crippen LogP contribution >= 0.6 is 0 Å². The average Bonchev–Trinajstić information content (AvgIpc) is 3.25. The number of phenols is 1. The Labute approximate surface area is 225 Å². The molecule has 2 aromatic rings. The topological polar surface area (TPSA) is 73.2 Å². The van der Waals surface area contributed by atoms with Crippen molar-refractivity contribution in [1.29, 1.82) is 0 Å². The van der Waals surface area contributed by atoms with E-state index in [1.807, 2.05) is 12.1 Å². The van der Waals surface area contributed by atoms with Crippen molar-refractivity contribution in [2.24, 2.45) is 0 Å². The molecule has 6 nitrogen and oxygen atoms in total. The van der Waals surface area contributed by atoms with Crippen molar-refractivity contribution in [2.75, 3.05) is 20.1 Å². The van der Waals surface area contributed by atoms with Crippen molar-refractivity contribution in [2.45, 2.75) is 61.1 Å². The molecule has 206 valence electrons. The molecule has 2 fully saturated rings. The number of aromatic hydroxyl groups is 1. The van der Waals surface area contributed by atoms with Gasteiger partial charge in [0.25, 0.3) is 0 Å². The molecule has 5 atom stereocenters. The molecular formula is C30H31F3N2O4. The summed E-state index contributed by atoms with van der Waals surface area (Å²) in [6.07, 6.45) is 1.93. The summed E-state index contributed by atoms with van der Waals surface area (Å²) in [6, 6.07) is 7.66. The molecular weight excluding hydrogens is 509 g/mol. The number of likely N-dealkylation sites (N-methyl/N-ethyl adjacent to an activating group) is 1. The number of nitrogens with zero attached hydrogens (tertiary/aromatic N) is 2. The molecule has 6 rings (SSSR count). The smallest absolute Gasteiger partial charge is 0.416 e. The van der Waals surface area contributed by atoms with Gasteiger partial charge in [-0.15, -0.1) is 6.58 Å². The Hall–Kier alpha value is -3.30. The van der Waals surface area contributed by atoms with Crippen LogP contribution in [-0.4, -0.2) is 69.8 Å². The highest BCUT2D eigenvalue weighted by Crippen LogP contribution is 2.65. The fourth-order valence-electron chi connectivity index (χ4n) is 7.62. The molecule has 9 heteroatoms. The number of ether oxygens (including phenoxy) is 1. The van der Waals surface area contributed by atoms with Gasteiger partial charge in [0.05, 0.1) is 22.6 Å². The number of carbonyl (C=O) groups excluding carboxylic acids is 1. The lowest BCUT2D eigenvalue weighted by Crippen LogP contribution is -2.78. The minimum atomic E-state index is -4.42. The first-order valence-electron chi connectivity index (χ1n) is 13.2. The second-order valence-electron chi connectivity index (χ2n) is 11.1. The van der Waals surface area contributed by atoms with Gasteiger partial charge in [-0.1, -0.05) is 24.3 Å². The van der Waals surface area contributed by atoms with Gasteiger partial charge in [-0.05, 0) is 67.6 Å². The van der Waals surface area contributed by atoms with Gasteiger partial charge in [0, 0.05) is 31.3 Å². The second-order valence-corrected chi connectivity index (χ2v) is 11.1. The van der Waals surface area contributed by atoms with Crippen LogP contribution in [0.3, 0.4) is 0 Å². The first kappa shape index (κ1) is 26.0. The SMILES string of the molecule is C=CCN1CC[C@]23c4c5ccc(O)c4OC2C(N(C)C(=O)/C=C/c2ccc(C(F)(F)F)cc2)CC[C@@]3(O)[C@H]1C5. The van der Waals surface area contributed by atoms with E-state index in [-0.39, 0.29) is 23.7 Å². The number of carbonyl (C=O) groups is 1. The minimum Gasteiger partial charge on any atom is -0.504 e. The lowest BCUT2D eigenvalue weighted by atomic mass is 9.48. The van der Waals surface area contributed by atoms with Crippen molar-refractivity contribution in [1.82, 2.24) is 9.80 Å². The molecule has 1 spiro atoms. The van der Waals surface area contributed by atoms with Gasteiger partial charge < -0.3 is 19.8 Å². The van der Waals surface area contributed by atoms with Crippen LogP contribution in [0.25, 0.3) is 6.08 Å². The normalized spacial score (nSPS) is 31.1. The zero-order chi connectivity index (χ0) is 27.7. The molecule has 0 aromatic heterocycles. The van der Waals surface area contributed by atoms with E-state index in [0.29, 0.717) is 43.5 Å². The zero-order valence-corrected chi connectivity index (χ0v) is 21.6. The molecule has 1 saturated carbocycles. The first-order chi connectivity index (χ1) is 18.5. The van der Waals surface area contributed by atoms with Crippen LogP contribution < -0.4 is 4.74 Å². The summed E-state index contributed by atoms with van der Waals surface area (Å²) in [4.78, 5) is 17.2. The number of phenolic OH excluding ortho intramolecular Hbond substituents is 1. The third-order valence-corrected chi connectivity index (χ3v) is 9.41. The minimum absolute atomic E-state index is 0.0294. The summed E-state index contributed by atoms with van der Waals surface area (Å²) in [5.41, 5.74) is -0.221. The maximum absolute atomic E-state index is 13.3. The van der Waals surface area contributed by atoms with Gasteiger partial charge in [0.15, 0.2) is 11.5 Å². The highest BCUT2D eigenvalue weighted by atomic mass is 19.4. The molecule has 2 aliphatic heterocycles. The van der Waals surface area contributed by atoms with Gasteiger partial charge >= 0.3 is 6.18 Å². The van der Waals surface area contributed by atoms with Crippen molar-refractivity contribution >= 4 is 12.0 Å². The molecule has 2 aromatic carbocycles. The number of hydrogen-bond acceptors (Lipinski definition) is 5. The monoisotopic (exact) mass is 540 g/mol. The Balaban J connectivity index is 1.32. The number of halogens is 3. The molecule has 1 saturated heterocycles. The average molecular weight is 541 g/mol. The molecule has 2 N–H and O–H groups in total. The predicted octanol–water partition coefficient (Wildman–Crippen LogP) is 4.29. The number of rotatable bonds is 5. The van der Waals surface area contributed by atoms with Crippen molar-refractivity contribution in [3.8, 4) is 11.5 Å². The van der Waals surface area contributed by atoms with Crippen LogP contribution in [0.2, 0.25) is 0 Å². The van der Waals surface area contributed by atoms with E-state index in [1.165, 1.54) is 24.3 Å². The van der Waals surface area contributed by atoms with Crippen LogP contribution in [0.5, 0.6) is 11.5 Å².